The third kappa shape index (κ3) is 5.78. The molecule has 0 saturated carbocycles. The Hall–Kier alpha value is -3.98. The van der Waals surface area contributed by atoms with Crippen LogP contribution in [-0.2, 0) is 24.2 Å². The molecular formula is C29H35N3O6. The molecule has 0 fully saturated rings. The molecule has 38 heavy (non-hydrogen) atoms. The quantitative estimate of drug-likeness (QED) is 0.410. The minimum atomic E-state index is -0.160. The highest BCUT2D eigenvalue weighted by molar-refractivity contribution is 5.78. The number of aromatic nitrogens is 1. The van der Waals surface area contributed by atoms with Crippen LogP contribution in [0.2, 0.25) is 0 Å². The van der Waals surface area contributed by atoms with Crippen LogP contribution in [-0.4, -0.2) is 64.4 Å². The van der Waals surface area contributed by atoms with Crippen molar-refractivity contribution in [2.75, 3.05) is 48.6 Å². The molecule has 1 atom stereocenters. The lowest BCUT2D eigenvalue weighted by Gasteiger charge is -2.38. The minimum Gasteiger partial charge on any atom is -0.493 e. The van der Waals surface area contributed by atoms with Gasteiger partial charge in [0.1, 0.15) is 0 Å². The fourth-order valence-corrected chi connectivity index (χ4v) is 4.99. The van der Waals surface area contributed by atoms with Crippen molar-refractivity contribution in [3.63, 3.8) is 0 Å². The molecule has 1 unspecified atom stereocenters. The second-order valence-corrected chi connectivity index (χ2v) is 8.95. The maximum atomic E-state index is 13.1. The molecule has 0 spiro atoms. The van der Waals surface area contributed by atoms with Crippen molar-refractivity contribution in [1.82, 2.24) is 15.2 Å². The highest BCUT2D eigenvalue weighted by Crippen LogP contribution is 2.48. The first-order chi connectivity index (χ1) is 18.5. The molecule has 1 aromatic heterocycles. The van der Waals surface area contributed by atoms with Crippen LogP contribution >= 0.6 is 0 Å². The number of methoxy groups -OCH3 is 5. The second-order valence-electron chi connectivity index (χ2n) is 8.95. The van der Waals surface area contributed by atoms with Crippen LogP contribution in [0.5, 0.6) is 28.7 Å². The molecule has 1 aliphatic rings. The Bertz CT molecular complexity index is 1250. The van der Waals surface area contributed by atoms with Crippen molar-refractivity contribution in [3.05, 3.63) is 71.0 Å². The Morgan fingerprint density at radius 1 is 0.921 bits per heavy atom. The van der Waals surface area contributed by atoms with Gasteiger partial charge in [-0.15, -0.1) is 0 Å². The van der Waals surface area contributed by atoms with Crippen LogP contribution in [0.1, 0.15) is 28.4 Å². The van der Waals surface area contributed by atoms with Crippen molar-refractivity contribution in [2.45, 2.75) is 25.4 Å². The fourth-order valence-electron chi connectivity index (χ4n) is 4.99. The van der Waals surface area contributed by atoms with Gasteiger partial charge in [0.2, 0.25) is 11.7 Å². The van der Waals surface area contributed by atoms with Crippen LogP contribution in [0, 0.1) is 0 Å². The maximum Gasteiger partial charge on any atom is 0.234 e. The molecule has 0 radical (unpaired) electrons. The Balaban J connectivity index is 1.69. The summed E-state index contributed by atoms with van der Waals surface area (Å²) in [5, 5.41) is 3.00. The standard InChI is InChI=1S/C29H35N3O6/c1-34-23-10-9-19(15-24(23)35-2)14-22-27-20(16-25(36-3)28(37-4)29(27)38-5)11-13-32(22)18-26(33)31-17-21-8-6-7-12-30-21/h6-10,12,15-16,22H,11,13-14,17-18H2,1-5H3,(H,31,33). The Kier molecular flexibility index (Phi) is 8.91. The maximum absolute atomic E-state index is 13.1. The van der Waals surface area contributed by atoms with Gasteiger partial charge in [0.25, 0.3) is 0 Å². The first-order valence-corrected chi connectivity index (χ1v) is 12.5. The van der Waals surface area contributed by atoms with Crippen LogP contribution in [0.25, 0.3) is 0 Å². The van der Waals surface area contributed by atoms with E-state index in [1.165, 1.54) is 0 Å². The van der Waals surface area contributed by atoms with Gasteiger partial charge in [-0.3, -0.25) is 14.7 Å². The summed E-state index contributed by atoms with van der Waals surface area (Å²) in [6, 6.07) is 13.4. The van der Waals surface area contributed by atoms with Crippen molar-refractivity contribution in [3.8, 4) is 28.7 Å². The Morgan fingerprint density at radius 3 is 2.34 bits per heavy atom. The molecule has 0 bridgehead atoms. The zero-order chi connectivity index (χ0) is 27.1. The number of hydrogen-bond acceptors (Lipinski definition) is 8. The Labute approximate surface area is 223 Å². The van der Waals surface area contributed by atoms with Crippen molar-refractivity contribution < 1.29 is 28.5 Å². The molecule has 9 heteroatoms. The highest BCUT2D eigenvalue weighted by atomic mass is 16.5. The van der Waals surface area contributed by atoms with E-state index in [2.05, 4.69) is 15.2 Å². The van der Waals surface area contributed by atoms with Gasteiger partial charge in [-0.2, -0.15) is 0 Å². The summed E-state index contributed by atoms with van der Waals surface area (Å²) >= 11 is 0. The van der Waals surface area contributed by atoms with E-state index in [0.717, 1.165) is 28.8 Å². The average molecular weight is 522 g/mol. The van der Waals surface area contributed by atoms with Crippen LogP contribution in [0.3, 0.4) is 0 Å². The number of fused-ring (bicyclic) bond motifs is 1. The first kappa shape index (κ1) is 27.1. The smallest absolute Gasteiger partial charge is 0.234 e. The van der Waals surface area contributed by atoms with Gasteiger partial charge in [-0.25, -0.2) is 0 Å². The van der Waals surface area contributed by atoms with E-state index in [-0.39, 0.29) is 18.5 Å². The lowest BCUT2D eigenvalue weighted by molar-refractivity contribution is -0.123. The lowest BCUT2D eigenvalue weighted by atomic mass is 9.87. The summed E-state index contributed by atoms with van der Waals surface area (Å²) in [6.45, 7) is 1.29. The largest absolute Gasteiger partial charge is 0.493 e. The number of rotatable bonds is 11. The van der Waals surface area contributed by atoms with Crippen LogP contribution in [0.15, 0.2) is 48.7 Å². The number of pyridine rings is 1. The molecule has 2 heterocycles. The number of benzene rings is 2. The fraction of sp³-hybridized carbons (Fsp3) is 0.379. The van der Waals surface area contributed by atoms with Gasteiger partial charge >= 0.3 is 0 Å². The summed E-state index contributed by atoms with van der Waals surface area (Å²) in [5.41, 5.74) is 3.94. The summed E-state index contributed by atoms with van der Waals surface area (Å²) in [6.07, 6.45) is 3.07. The van der Waals surface area contributed by atoms with E-state index < -0.39 is 0 Å². The lowest BCUT2D eigenvalue weighted by Crippen LogP contribution is -2.43. The number of ether oxygens (including phenoxy) is 5. The summed E-state index contributed by atoms with van der Waals surface area (Å²) in [4.78, 5) is 19.5. The van der Waals surface area contributed by atoms with E-state index in [1.54, 1.807) is 41.7 Å². The minimum absolute atomic E-state index is 0.0733. The molecular weight excluding hydrogens is 486 g/mol. The third-order valence-corrected chi connectivity index (χ3v) is 6.81. The number of amides is 1. The van der Waals surface area contributed by atoms with Crippen molar-refractivity contribution in [2.24, 2.45) is 0 Å². The molecule has 4 rings (SSSR count). The van der Waals surface area contributed by atoms with E-state index in [0.29, 0.717) is 48.3 Å². The van der Waals surface area contributed by atoms with Gasteiger partial charge in [-0.1, -0.05) is 12.1 Å². The van der Waals surface area contributed by atoms with Gasteiger partial charge in [0, 0.05) is 24.3 Å². The van der Waals surface area contributed by atoms with E-state index in [4.69, 9.17) is 23.7 Å². The van der Waals surface area contributed by atoms with Crippen LogP contribution < -0.4 is 29.0 Å². The summed E-state index contributed by atoms with van der Waals surface area (Å²) in [5.74, 6) is 3.01. The second kappa shape index (κ2) is 12.5. The molecule has 1 aliphatic heterocycles. The van der Waals surface area contributed by atoms with Crippen LogP contribution in [0.4, 0.5) is 0 Å². The van der Waals surface area contributed by atoms with Crippen molar-refractivity contribution in [1.29, 1.82) is 0 Å². The molecule has 202 valence electrons. The van der Waals surface area contributed by atoms with E-state index >= 15 is 0 Å². The van der Waals surface area contributed by atoms with Gasteiger partial charge < -0.3 is 29.0 Å². The number of nitrogens with one attached hydrogen (secondary N) is 1. The monoisotopic (exact) mass is 521 g/mol. The zero-order valence-corrected chi connectivity index (χ0v) is 22.6. The Morgan fingerprint density at radius 2 is 1.68 bits per heavy atom. The SMILES string of the molecule is COc1ccc(CC2c3c(cc(OC)c(OC)c3OC)CCN2CC(=O)NCc2ccccn2)cc1OC. The van der Waals surface area contributed by atoms with E-state index in [9.17, 15) is 4.79 Å². The predicted molar refractivity (Wildman–Crippen MR) is 143 cm³/mol. The summed E-state index contributed by atoms with van der Waals surface area (Å²) in [7, 11) is 8.08. The molecule has 9 nitrogen and oxygen atoms in total. The van der Waals surface area contributed by atoms with Crippen molar-refractivity contribution >= 4 is 5.91 Å². The predicted octanol–water partition coefficient (Wildman–Crippen LogP) is 3.58. The molecule has 1 amide bonds. The van der Waals surface area contributed by atoms with Gasteiger partial charge in [-0.05, 0) is 54.3 Å². The number of carbonyl (C=O) groups excluding carboxylic acids is 1. The summed E-state index contributed by atoms with van der Waals surface area (Å²) < 4.78 is 28.2. The average Bonchev–Trinajstić information content (AvgIpc) is 2.96. The molecule has 2 aromatic carbocycles. The number of carbonyl (C=O) groups is 1. The third-order valence-electron chi connectivity index (χ3n) is 6.81. The molecule has 0 saturated heterocycles. The number of nitrogens with zero attached hydrogens (tertiary/aromatic N) is 2. The zero-order valence-electron chi connectivity index (χ0n) is 22.6. The van der Waals surface area contributed by atoms with Gasteiger partial charge in [0.05, 0.1) is 54.3 Å². The van der Waals surface area contributed by atoms with E-state index in [1.807, 2.05) is 42.5 Å². The van der Waals surface area contributed by atoms with Gasteiger partial charge in [0.15, 0.2) is 23.0 Å². The molecule has 1 N–H and O–H groups in total. The topological polar surface area (TPSA) is 91.4 Å². The first-order valence-electron chi connectivity index (χ1n) is 12.5. The molecule has 0 aliphatic carbocycles. The number of hydrogen-bond donors (Lipinski definition) is 1. The highest BCUT2D eigenvalue weighted by Gasteiger charge is 2.35. The molecule has 3 aromatic rings. The normalized spacial score (nSPS) is 14.8.